The van der Waals surface area contributed by atoms with Crippen molar-refractivity contribution in [2.75, 3.05) is 0 Å². The highest BCUT2D eigenvalue weighted by Crippen LogP contribution is 2.35. The Morgan fingerprint density at radius 3 is 2.93 bits per heavy atom. The fourth-order valence-electron chi connectivity index (χ4n) is 2.14. The minimum absolute atomic E-state index is 1.26. The number of rotatable bonds is 1. The van der Waals surface area contributed by atoms with E-state index < -0.39 is 0 Å². The highest BCUT2D eigenvalue weighted by molar-refractivity contribution is 7.17. The molecule has 0 fully saturated rings. The number of hydrogen-bond donors (Lipinski definition) is 0. The van der Waals surface area contributed by atoms with Gasteiger partial charge in [-0.1, -0.05) is 24.3 Å². The fraction of sp³-hybridized carbons (Fsp3) is 0.231. The van der Waals surface area contributed by atoms with Gasteiger partial charge in [0.05, 0.1) is 0 Å². The van der Waals surface area contributed by atoms with Gasteiger partial charge in [0, 0.05) is 4.70 Å². The average molecular weight is 200 g/mol. The topological polar surface area (TPSA) is 0 Å². The van der Waals surface area contributed by atoms with E-state index in [1.165, 1.54) is 34.9 Å². The summed E-state index contributed by atoms with van der Waals surface area (Å²) in [6.45, 7) is 0. The SMILES string of the molecule is C1=C(c2csc3ccccc23)CCC1. The van der Waals surface area contributed by atoms with Crippen molar-refractivity contribution < 1.29 is 0 Å². The molecule has 0 radical (unpaired) electrons. The second-order valence-corrected chi connectivity index (χ2v) is 4.68. The van der Waals surface area contributed by atoms with Crippen molar-refractivity contribution in [2.45, 2.75) is 19.3 Å². The van der Waals surface area contributed by atoms with E-state index in [-0.39, 0.29) is 0 Å². The van der Waals surface area contributed by atoms with Crippen LogP contribution in [0.2, 0.25) is 0 Å². The third-order valence-corrected chi connectivity index (χ3v) is 3.83. The van der Waals surface area contributed by atoms with Crippen LogP contribution in [0.4, 0.5) is 0 Å². The van der Waals surface area contributed by atoms with Gasteiger partial charge in [0.1, 0.15) is 0 Å². The molecule has 2 aromatic rings. The molecular formula is C13H12S. The third kappa shape index (κ3) is 1.20. The summed E-state index contributed by atoms with van der Waals surface area (Å²) in [6.07, 6.45) is 6.26. The van der Waals surface area contributed by atoms with Crippen molar-refractivity contribution in [3.8, 4) is 0 Å². The van der Waals surface area contributed by atoms with E-state index in [1.54, 1.807) is 5.57 Å². The Kier molecular flexibility index (Phi) is 1.91. The van der Waals surface area contributed by atoms with Gasteiger partial charge in [0.25, 0.3) is 0 Å². The molecule has 0 N–H and O–H groups in total. The predicted molar refractivity (Wildman–Crippen MR) is 63.7 cm³/mol. The zero-order chi connectivity index (χ0) is 9.38. The molecule has 1 aromatic heterocycles. The van der Waals surface area contributed by atoms with Crippen LogP contribution in [0.15, 0.2) is 35.7 Å². The summed E-state index contributed by atoms with van der Waals surface area (Å²) < 4.78 is 1.41. The average Bonchev–Trinajstić information content (AvgIpc) is 2.85. The Labute approximate surface area is 87.9 Å². The highest BCUT2D eigenvalue weighted by Gasteiger charge is 2.11. The predicted octanol–water partition coefficient (Wildman–Crippen LogP) is 4.47. The molecule has 1 aliphatic carbocycles. The van der Waals surface area contributed by atoms with Gasteiger partial charge in [0.15, 0.2) is 0 Å². The summed E-state index contributed by atoms with van der Waals surface area (Å²) in [5, 5.41) is 3.74. The third-order valence-electron chi connectivity index (χ3n) is 2.87. The van der Waals surface area contributed by atoms with Crippen molar-refractivity contribution in [3.05, 3.63) is 41.3 Å². The van der Waals surface area contributed by atoms with Crippen LogP contribution in [-0.2, 0) is 0 Å². The Morgan fingerprint density at radius 1 is 1.14 bits per heavy atom. The van der Waals surface area contributed by atoms with Crippen LogP contribution in [0.1, 0.15) is 24.8 Å². The smallest absolute Gasteiger partial charge is 0.0349 e. The lowest BCUT2D eigenvalue weighted by molar-refractivity contribution is 0.936. The monoisotopic (exact) mass is 200 g/mol. The quantitative estimate of drug-likeness (QED) is 0.637. The van der Waals surface area contributed by atoms with E-state index in [1.807, 2.05) is 11.3 Å². The Hall–Kier alpha value is -1.08. The first-order valence-electron chi connectivity index (χ1n) is 5.11. The molecule has 70 valence electrons. The van der Waals surface area contributed by atoms with Crippen LogP contribution in [0, 0.1) is 0 Å². The molecule has 0 saturated heterocycles. The molecule has 0 amide bonds. The van der Waals surface area contributed by atoms with Gasteiger partial charge in [-0.2, -0.15) is 0 Å². The van der Waals surface area contributed by atoms with Crippen molar-refractivity contribution >= 4 is 27.0 Å². The maximum Gasteiger partial charge on any atom is 0.0349 e. The summed E-state index contributed by atoms with van der Waals surface area (Å²) in [7, 11) is 0. The van der Waals surface area contributed by atoms with E-state index in [9.17, 15) is 0 Å². The Bertz CT molecular complexity index is 491. The van der Waals surface area contributed by atoms with Gasteiger partial charge in [-0.3, -0.25) is 0 Å². The van der Waals surface area contributed by atoms with E-state index in [2.05, 4.69) is 35.7 Å². The van der Waals surface area contributed by atoms with E-state index in [0.717, 1.165) is 0 Å². The van der Waals surface area contributed by atoms with Crippen LogP contribution in [0.25, 0.3) is 15.7 Å². The normalized spacial score (nSPS) is 16.1. The maximum absolute atomic E-state index is 2.40. The van der Waals surface area contributed by atoms with Crippen LogP contribution in [-0.4, -0.2) is 0 Å². The zero-order valence-corrected chi connectivity index (χ0v) is 8.81. The summed E-state index contributed by atoms with van der Waals surface area (Å²) in [6, 6.07) is 8.69. The molecule has 14 heavy (non-hydrogen) atoms. The molecule has 0 nitrogen and oxygen atoms in total. The lowest BCUT2D eigenvalue weighted by Gasteiger charge is -1.98. The number of allylic oxidation sites excluding steroid dienone is 2. The minimum Gasteiger partial charge on any atom is -0.143 e. The first-order valence-corrected chi connectivity index (χ1v) is 5.99. The van der Waals surface area contributed by atoms with Gasteiger partial charge in [-0.15, -0.1) is 11.3 Å². The van der Waals surface area contributed by atoms with Crippen molar-refractivity contribution in [2.24, 2.45) is 0 Å². The number of thiophene rings is 1. The van der Waals surface area contributed by atoms with E-state index in [0.29, 0.717) is 0 Å². The van der Waals surface area contributed by atoms with Gasteiger partial charge >= 0.3 is 0 Å². The summed E-state index contributed by atoms with van der Waals surface area (Å²) in [5.41, 5.74) is 3.03. The lowest BCUT2D eigenvalue weighted by atomic mass is 10.0. The second kappa shape index (κ2) is 3.25. The summed E-state index contributed by atoms with van der Waals surface area (Å²) in [4.78, 5) is 0. The first-order chi connectivity index (χ1) is 6.95. The molecule has 1 aromatic carbocycles. The van der Waals surface area contributed by atoms with E-state index in [4.69, 9.17) is 0 Å². The first kappa shape index (κ1) is 8.25. The summed E-state index contributed by atoms with van der Waals surface area (Å²) >= 11 is 1.86. The zero-order valence-electron chi connectivity index (χ0n) is 7.99. The van der Waals surface area contributed by atoms with Gasteiger partial charge in [-0.25, -0.2) is 0 Å². The number of hydrogen-bond acceptors (Lipinski definition) is 1. The largest absolute Gasteiger partial charge is 0.143 e. The molecule has 1 heteroatoms. The van der Waals surface area contributed by atoms with Gasteiger partial charge < -0.3 is 0 Å². The van der Waals surface area contributed by atoms with Crippen molar-refractivity contribution in [3.63, 3.8) is 0 Å². The number of benzene rings is 1. The second-order valence-electron chi connectivity index (χ2n) is 3.77. The van der Waals surface area contributed by atoms with Crippen LogP contribution in [0.5, 0.6) is 0 Å². The van der Waals surface area contributed by atoms with Crippen molar-refractivity contribution in [1.82, 2.24) is 0 Å². The molecule has 3 rings (SSSR count). The Morgan fingerprint density at radius 2 is 2.07 bits per heavy atom. The standard InChI is InChI=1S/C13H12S/c1-2-6-10(5-1)12-9-14-13-8-4-3-7-11(12)13/h3-5,7-9H,1-2,6H2. The van der Waals surface area contributed by atoms with Gasteiger partial charge in [-0.05, 0) is 47.2 Å². The molecule has 0 aliphatic heterocycles. The molecule has 1 heterocycles. The van der Waals surface area contributed by atoms with Crippen LogP contribution < -0.4 is 0 Å². The molecule has 0 bridgehead atoms. The Balaban J connectivity index is 2.21. The number of fused-ring (bicyclic) bond motifs is 1. The molecule has 0 unspecified atom stereocenters. The molecule has 0 saturated carbocycles. The summed E-state index contributed by atoms with van der Waals surface area (Å²) in [5.74, 6) is 0. The minimum atomic E-state index is 1.26. The van der Waals surface area contributed by atoms with E-state index >= 15 is 0 Å². The van der Waals surface area contributed by atoms with Crippen LogP contribution in [0.3, 0.4) is 0 Å². The molecular weight excluding hydrogens is 188 g/mol. The molecule has 0 atom stereocenters. The maximum atomic E-state index is 2.40. The lowest BCUT2D eigenvalue weighted by Crippen LogP contribution is -1.76. The fourth-order valence-corrected chi connectivity index (χ4v) is 3.13. The van der Waals surface area contributed by atoms with Gasteiger partial charge in [0.2, 0.25) is 0 Å². The molecule has 0 spiro atoms. The van der Waals surface area contributed by atoms with Crippen molar-refractivity contribution in [1.29, 1.82) is 0 Å². The highest BCUT2D eigenvalue weighted by atomic mass is 32.1. The molecule has 1 aliphatic rings. The van der Waals surface area contributed by atoms with Crippen LogP contribution >= 0.6 is 11.3 Å².